The second-order valence-electron chi connectivity index (χ2n) is 5.35. The Morgan fingerprint density at radius 2 is 1.67 bits per heavy atom. The lowest BCUT2D eigenvalue weighted by Crippen LogP contribution is -2.06. The third kappa shape index (κ3) is 5.54. The van der Waals surface area contributed by atoms with Gasteiger partial charge in [0.1, 0.15) is 5.82 Å². The molecule has 0 aromatic heterocycles. The summed E-state index contributed by atoms with van der Waals surface area (Å²) in [5, 5.41) is 0. The Morgan fingerprint density at radius 1 is 1.10 bits per heavy atom. The zero-order valence-corrected chi connectivity index (χ0v) is 13.5. The lowest BCUT2D eigenvalue weighted by Gasteiger charge is -2.17. The molecule has 2 N–H and O–H groups in total. The van der Waals surface area contributed by atoms with Crippen LogP contribution in [0, 0.1) is 5.82 Å². The van der Waals surface area contributed by atoms with Crippen LogP contribution in [-0.2, 0) is 0 Å². The number of rotatable bonds is 10. The molecule has 0 aliphatic heterocycles. The molecule has 4 heteroatoms. The first-order valence-electron chi connectivity index (χ1n) is 7.93. The Balaban J connectivity index is 2.98. The summed E-state index contributed by atoms with van der Waals surface area (Å²) in [6.07, 6.45) is 3.54. The molecule has 1 unspecified atom stereocenters. The quantitative estimate of drug-likeness (QED) is 0.702. The van der Waals surface area contributed by atoms with Crippen LogP contribution in [0.5, 0.6) is 11.5 Å². The molecule has 1 atom stereocenters. The number of halogens is 1. The second kappa shape index (κ2) is 9.61. The van der Waals surface area contributed by atoms with Crippen molar-refractivity contribution in [3.63, 3.8) is 0 Å². The molecule has 21 heavy (non-hydrogen) atoms. The standard InChI is InChI=1S/C17H28FNO2/c1-4-9-20-16-11-14(13(3)7-6-8-19)15(18)12-17(16)21-10-5-2/h11-13H,4-10,19H2,1-3H3. The Labute approximate surface area is 127 Å². The van der Waals surface area contributed by atoms with Crippen molar-refractivity contribution in [2.45, 2.75) is 52.4 Å². The molecule has 1 aromatic rings. The van der Waals surface area contributed by atoms with Crippen LogP contribution in [-0.4, -0.2) is 19.8 Å². The van der Waals surface area contributed by atoms with Crippen LogP contribution in [0.4, 0.5) is 4.39 Å². The van der Waals surface area contributed by atoms with Crippen molar-refractivity contribution in [2.24, 2.45) is 5.73 Å². The Bertz CT molecular complexity index is 423. The summed E-state index contributed by atoms with van der Waals surface area (Å²) in [5.74, 6) is 1.03. The summed E-state index contributed by atoms with van der Waals surface area (Å²) in [6, 6.07) is 3.24. The predicted molar refractivity (Wildman–Crippen MR) is 84.7 cm³/mol. The predicted octanol–water partition coefficient (Wildman–Crippen LogP) is 4.25. The van der Waals surface area contributed by atoms with Gasteiger partial charge in [-0.3, -0.25) is 0 Å². The summed E-state index contributed by atoms with van der Waals surface area (Å²) in [7, 11) is 0. The van der Waals surface area contributed by atoms with E-state index < -0.39 is 0 Å². The maximum absolute atomic E-state index is 14.3. The second-order valence-corrected chi connectivity index (χ2v) is 5.35. The van der Waals surface area contributed by atoms with Crippen molar-refractivity contribution in [3.05, 3.63) is 23.5 Å². The van der Waals surface area contributed by atoms with Crippen LogP contribution < -0.4 is 15.2 Å². The highest BCUT2D eigenvalue weighted by Gasteiger charge is 2.16. The average molecular weight is 297 g/mol. The summed E-state index contributed by atoms with van der Waals surface area (Å²) in [6.45, 7) is 7.87. The lowest BCUT2D eigenvalue weighted by atomic mass is 9.95. The number of nitrogens with two attached hydrogens (primary N) is 1. The fourth-order valence-corrected chi connectivity index (χ4v) is 2.16. The molecule has 0 aliphatic carbocycles. The van der Waals surface area contributed by atoms with Gasteiger partial charge in [0.2, 0.25) is 0 Å². The van der Waals surface area contributed by atoms with E-state index in [0.717, 1.165) is 25.7 Å². The van der Waals surface area contributed by atoms with Crippen LogP contribution in [0.15, 0.2) is 12.1 Å². The van der Waals surface area contributed by atoms with Crippen molar-refractivity contribution in [3.8, 4) is 11.5 Å². The van der Waals surface area contributed by atoms with Crippen molar-refractivity contribution in [2.75, 3.05) is 19.8 Å². The largest absolute Gasteiger partial charge is 0.490 e. The molecule has 0 spiro atoms. The Morgan fingerprint density at radius 3 is 2.19 bits per heavy atom. The monoisotopic (exact) mass is 297 g/mol. The highest BCUT2D eigenvalue weighted by Crippen LogP contribution is 2.35. The van der Waals surface area contributed by atoms with E-state index in [4.69, 9.17) is 15.2 Å². The van der Waals surface area contributed by atoms with E-state index in [9.17, 15) is 4.39 Å². The molecule has 1 rings (SSSR count). The molecule has 0 amide bonds. The summed E-state index contributed by atoms with van der Waals surface area (Å²) >= 11 is 0. The SMILES string of the molecule is CCCOc1cc(F)c(C(C)CCCN)cc1OCCC. The topological polar surface area (TPSA) is 44.5 Å². The van der Waals surface area contributed by atoms with E-state index in [2.05, 4.69) is 0 Å². The minimum absolute atomic E-state index is 0.123. The maximum atomic E-state index is 14.3. The highest BCUT2D eigenvalue weighted by molar-refractivity contribution is 5.45. The molecular weight excluding hydrogens is 269 g/mol. The Kier molecular flexibility index (Phi) is 8.13. The normalized spacial score (nSPS) is 12.2. The van der Waals surface area contributed by atoms with Gasteiger partial charge in [-0.1, -0.05) is 20.8 Å². The van der Waals surface area contributed by atoms with Gasteiger partial charge in [-0.25, -0.2) is 4.39 Å². The van der Waals surface area contributed by atoms with E-state index in [1.165, 1.54) is 6.07 Å². The van der Waals surface area contributed by atoms with Gasteiger partial charge in [-0.2, -0.15) is 0 Å². The first-order chi connectivity index (χ1) is 10.1. The minimum Gasteiger partial charge on any atom is -0.490 e. The van der Waals surface area contributed by atoms with E-state index in [1.54, 1.807) is 6.07 Å². The summed E-state index contributed by atoms with van der Waals surface area (Å²) in [5.41, 5.74) is 6.21. The van der Waals surface area contributed by atoms with Crippen LogP contribution in [0.25, 0.3) is 0 Å². The molecule has 0 saturated carbocycles. The molecule has 3 nitrogen and oxygen atoms in total. The van der Waals surface area contributed by atoms with Gasteiger partial charge < -0.3 is 15.2 Å². The average Bonchev–Trinajstić information content (AvgIpc) is 2.49. The highest BCUT2D eigenvalue weighted by atomic mass is 19.1. The van der Waals surface area contributed by atoms with E-state index in [1.807, 2.05) is 20.8 Å². The molecular formula is C17H28FNO2. The van der Waals surface area contributed by atoms with Gasteiger partial charge in [0, 0.05) is 6.07 Å². The molecule has 0 fully saturated rings. The molecule has 0 bridgehead atoms. The Hall–Kier alpha value is -1.29. The molecule has 0 radical (unpaired) electrons. The van der Waals surface area contributed by atoms with Gasteiger partial charge in [0.15, 0.2) is 11.5 Å². The number of hydrogen-bond donors (Lipinski definition) is 1. The van der Waals surface area contributed by atoms with Crippen molar-refractivity contribution in [1.82, 2.24) is 0 Å². The number of ether oxygens (including phenoxy) is 2. The van der Waals surface area contributed by atoms with E-state index >= 15 is 0 Å². The number of benzene rings is 1. The smallest absolute Gasteiger partial charge is 0.164 e. The van der Waals surface area contributed by atoms with Gasteiger partial charge in [0.25, 0.3) is 0 Å². The van der Waals surface area contributed by atoms with E-state index in [-0.39, 0.29) is 11.7 Å². The van der Waals surface area contributed by atoms with Crippen LogP contribution in [0.2, 0.25) is 0 Å². The minimum atomic E-state index is -0.227. The third-order valence-electron chi connectivity index (χ3n) is 3.36. The van der Waals surface area contributed by atoms with Gasteiger partial charge in [-0.05, 0) is 49.8 Å². The van der Waals surface area contributed by atoms with Crippen molar-refractivity contribution < 1.29 is 13.9 Å². The fourth-order valence-electron chi connectivity index (χ4n) is 2.16. The molecule has 120 valence electrons. The lowest BCUT2D eigenvalue weighted by molar-refractivity contribution is 0.266. The molecule has 0 heterocycles. The first-order valence-corrected chi connectivity index (χ1v) is 7.93. The fraction of sp³-hybridized carbons (Fsp3) is 0.647. The van der Waals surface area contributed by atoms with Crippen molar-refractivity contribution >= 4 is 0 Å². The van der Waals surface area contributed by atoms with Gasteiger partial charge >= 0.3 is 0 Å². The first kappa shape index (κ1) is 17.8. The zero-order chi connectivity index (χ0) is 15.7. The summed E-state index contributed by atoms with van der Waals surface area (Å²) in [4.78, 5) is 0. The van der Waals surface area contributed by atoms with Crippen LogP contribution >= 0.6 is 0 Å². The third-order valence-corrected chi connectivity index (χ3v) is 3.36. The molecule has 0 saturated heterocycles. The maximum Gasteiger partial charge on any atom is 0.164 e. The van der Waals surface area contributed by atoms with Crippen molar-refractivity contribution in [1.29, 1.82) is 0 Å². The van der Waals surface area contributed by atoms with E-state index in [0.29, 0.717) is 36.8 Å². The van der Waals surface area contributed by atoms with Crippen LogP contribution in [0.3, 0.4) is 0 Å². The van der Waals surface area contributed by atoms with Gasteiger partial charge in [-0.15, -0.1) is 0 Å². The summed E-state index contributed by atoms with van der Waals surface area (Å²) < 4.78 is 25.6. The molecule has 0 aliphatic rings. The zero-order valence-electron chi connectivity index (χ0n) is 13.5. The van der Waals surface area contributed by atoms with Crippen LogP contribution in [0.1, 0.15) is 57.9 Å². The number of hydrogen-bond acceptors (Lipinski definition) is 3. The van der Waals surface area contributed by atoms with Gasteiger partial charge in [0.05, 0.1) is 13.2 Å². The molecule has 1 aromatic carbocycles.